The van der Waals surface area contributed by atoms with Gasteiger partial charge in [0.05, 0.1) is 11.7 Å². The van der Waals surface area contributed by atoms with Crippen LogP contribution in [0.25, 0.3) is 0 Å². The first kappa shape index (κ1) is 40.2. The first-order chi connectivity index (χ1) is 22.0. The molecule has 0 saturated heterocycles. The smallest absolute Gasteiger partial charge is 0.390 e. The van der Waals surface area contributed by atoms with Crippen LogP contribution in [0.4, 0.5) is 0 Å². The second-order valence-electron chi connectivity index (χ2n) is 15.0. The number of hydrogen-bond acceptors (Lipinski definition) is 8. The summed E-state index contributed by atoms with van der Waals surface area (Å²) in [6.45, 7) is 14.5. The zero-order valence-electron chi connectivity index (χ0n) is 29.6. The largest absolute Gasteiger partial charge is 0.446 e. The molecule has 12 heteroatoms. The molecule has 0 heterocycles. The molecule has 0 radical (unpaired) electrons. The lowest BCUT2D eigenvalue weighted by molar-refractivity contribution is -0.0691. The van der Waals surface area contributed by atoms with Crippen molar-refractivity contribution in [2.75, 3.05) is 0 Å². The number of aliphatic hydroxyl groups is 2. The molecule has 5 atom stereocenters. The predicted octanol–water partition coefficient (Wildman–Crippen LogP) is 7.88. The fourth-order valence-corrected chi connectivity index (χ4v) is 8.37. The minimum atomic E-state index is -4.86. The molecular formula is C36H56O10S2. The predicted molar refractivity (Wildman–Crippen MR) is 188 cm³/mol. The molecule has 48 heavy (non-hydrogen) atoms. The van der Waals surface area contributed by atoms with Gasteiger partial charge in [0.2, 0.25) is 0 Å². The van der Waals surface area contributed by atoms with Crippen molar-refractivity contribution in [3.05, 3.63) is 58.2 Å². The molecule has 0 amide bonds. The summed E-state index contributed by atoms with van der Waals surface area (Å²) < 4.78 is 74.4. The minimum absolute atomic E-state index is 0.0381. The second-order valence-corrected chi connectivity index (χ2v) is 17.1. The van der Waals surface area contributed by atoms with Crippen LogP contribution in [0.1, 0.15) is 125 Å². The maximum absolute atomic E-state index is 11.7. The Hall–Kier alpha value is -2.22. The molecule has 0 fully saturated rings. The zero-order chi connectivity index (χ0) is 36.1. The van der Waals surface area contributed by atoms with Gasteiger partial charge < -0.3 is 18.6 Å². The van der Waals surface area contributed by atoms with Crippen LogP contribution in [0.5, 0.6) is 11.5 Å². The molecule has 2 aliphatic carbocycles. The van der Waals surface area contributed by atoms with E-state index in [1.165, 1.54) is 34.4 Å². The second kappa shape index (κ2) is 15.8. The highest BCUT2D eigenvalue weighted by molar-refractivity contribution is 7.81. The Morgan fingerprint density at radius 3 is 2.31 bits per heavy atom. The van der Waals surface area contributed by atoms with Gasteiger partial charge in [-0.25, -0.2) is 0 Å². The minimum Gasteiger partial charge on any atom is -0.390 e. The molecule has 0 aromatic heterocycles. The van der Waals surface area contributed by atoms with Gasteiger partial charge in [0.1, 0.15) is 11.5 Å². The van der Waals surface area contributed by atoms with E-state index < -0.39 is 37.9 Å². The third-order valence-electron chi connectivity index (χ3n) is 10.8. The summed E-state index contributed by atoms with van der Waals surface area (Å²) in [6, 6.07) is 3.69. The van der Waals surface area contributed by atoms with Gasteiger partial charge in [0.15, 0.2) is 0 Å². The maximum atomic E-state index is 11.7. The van der Waals surface area contributed by atoms with E-state index in [2.05, 4.69) is 44.0 Å². The summed E-state index contributed by atoms with van der Waals surface area (Å²) in [4.78, 5) is 0. The van der Waals surface area contributed by atoms with Gasteiger partial charge in [0, 0.05) is 5.56 Å². The van der Waals surface area contributed by atoms with Crippen LogP contribution in [0.3, 0.4) is 0 Å². The number of benzene rings is 1. The topological polar surface area (TPSA) is 168 Å². The third kappa shape index (κ3) is 11.1. The lowest BCUT2D eigenvalue weighted by Crippen LogP contribution is -2.40. The van der Waals surface area contributed by atoms with E-state index in [0.717, 1.165) is 57.4 Å². The van der Waals surface area contributed by atoms with Crippen molar-refractivity contribution in [2.45, 2.75) is 137 Å². The van der Waals surface area contributed by atoms with Crippen LogP contribution in [-0.2, 0) is 27.2 Å². The maximum Gasteiger partial charge on any atom is 0.446 e. The molecule has 0 bridgehead atoms. The Balaban J connectivity index is 1.81. The monoisotopic (exact) mass is 712 g/mol. The molecule has 4 N–H and O–H groups in total. The highest BCUT2D eigenvalue weighted by Crippen LogP contribution is 2.58. The van der Waals surface area contributed by atoms with Gasteiger partial charge in [-0.15, -0.1) is 0 Å². The van der Waals surface area contributed by atoms with Crippen LogP contribution in [0.2, 0.25) is 0 Å². The lowest BCUT2D eigenvalue weighted by Gasteiger charge is -2.51. The molecular weight excluding hydrogens is 657 g/mol. The molecule has 10 nitrogen and oxygen atoms in total. The number of rotatable bonds is 16. The summed E-state index contributed by atoms with van der Waals surface area (Å²) >= 11 is 0. The summed E-state index contributed by atoms with van der Waals surface area (Å²) in [5, 5.41) is 21.5. The summed E-state index contributed by atoms with van der Waals surface area (Å²) in [7, 11) is -9.68. The van der Waals surface area contributed by atoms with Crippen molar-refractivity contribution < 1.29 is 44.5 Å². The van der Waals surface area contributed by atoms with E-state index in [9.17, 15) is 36.2 Å². The van der Waals surface area contributed by atoms with Crippen LogP contribution in [-0.4, -0.2) is 47.9 Å². The molecule has 0 spiro atoms. The Morgan fingerprint density at radius 1 is 1.02 bits per heavy atom. The third-order valence-corrected chi connectivity index (χ3v) is 11.6. The molecule has 1 aromatic rings. The van der Waals surface area contributed by atoms with Gasteiger partial charge in [-0.3, -0.25) is 9.11 Å². The van der Waals surface area contributed by atoms with E-state index in [1.807, 2.05) is 13.8 Å². The molecule has 3 rings (SSSR count). The highest BCUT2D eigenvalue weighted by atomic mass is 32.3. The van der Waals surface area contributed by atoms with Crippen LogP contribution in [0.15, 0.2) is 52.6 Å². The van der Waals surface area contributed by atoms with E-state index >= 15 is 0 Å². The van der Waals surface area contributed by atoms with E-state index in [0.29, 0.717) is 31.2 Å². The fourth-order valence-electron chi connectivity index (χ4n) is 7.63. The Morgan fingerprint density at radius 2 is 1.69 bits per heavy atom. The van der Waals surface area contributed by atoms with Crippen molar-refractivity contribution in [1.29, 1.82) is 0 Å². The van der Waals surface area contributed by atoms with Gasteiger partial charge in [0.25, 0.3) is 0 Å². The molecule has 2 unspecified atom stereocenters. The Bertz CT molecular complexity index is 1600. The number of hydrogen-bond donors (Lipinski definition) is 4. The van der Waals surface area contributed by atoms with Crippen LogP contribution in [0, 0.1) is 16.7 Å². The quantitative estimate of drug-likeness (QED) is 0.0978. The van der Waals surface area contributed by atoms with E-state index in [4.69, 9.17) is 4.18 Å². The zero-order valence-corrected chi connectivity index (χ0v) is 31.2. The van der Waals surface area contributed by atoms with Crippen molar-refractivity contribution in [3.8, 4) is 11.5 Å². The summed E-state index contributed by atoms with van der Waals surface area (Å²) in [5.74, 6) is -0.136. The lowest BCUT2D eigenvalue weighted by atomic mass is 9.54. The van der Waals surface area contributed by atoms with Gasteiger partial charge >= 0.3 is 20.8 Å². The van der Waals surface area contributed by atoms with Crippen molar-refractivity contribution in [3.63, 3.8) is 0 Å². The van der Waals surface area contributed by atoms with Gasteiger partial charge in [-0.2, -0.15) is 16.8 Å². The average molecular weight is 713 g/mol. The van der Waals surface area contributed by atoms with Crippen LogP contribution >= 0.6 is 0 Å². The molecule has 272 valence electrons. The van der Waals surface area contributed by atoms with Gasteiger partial charge in [-0.05, 0) is 140 Å². The SMILES string of the molecule is CC(C)=CCC[C@@](C)(O)C(O)CC/C(C)=C/CCC1(C)CCCC2=C1CC[C@H](C)[C@@]2(C)Cc1cc(OS(=O)(=O)O)ccc1OS(=O)(=O)O. The fraction of sp³-hybridized carbons (Fsp3) is 0.667. The Kier molecular flexibility index (Phi) is 13.2. The Labute approximate surface area is 288 Å². The summed E-state index contributed by atoms with van der Waals surface area (Å²) in [5.41, 5.74) is 3.86. The van der Waals surface area contributed by atoms with Crippen LogP contribution < -0.4 is 8.37 Å². The standard InChI is InChI=1S/C36H56O10S2/c1-25(2)11-8-22-36(7,38)33(37)19-14-26(3)12-9-20-34(5)21-10-13-31-30(34)17-15-27(4)35(31,6)24-28-23-29(45-47(39,40)41)16-18-32(28)46-48(42,43)44/h11-12,16,18,23,27,33,37-38H,8-10,13-15,17,19-22,24H2,1-7H3,(H,39,40,41)(H,42,43,44)/b26-12+/t27-,33?,34?,35+,36+/m0/s1. The van der Waals surface area contributed by atoms with Gasteiger partial charge in [-0.1, -0.05) is 55.2 Å². The average Bonchev–Trinajstić information content (AvgIpc) is 2.93. The van der Waals surface area contributed by atoms with E-state index in [1.54, 1.807) is 6.92 Å². The molecule has 0 saturated carbocycles. The van der Waals surface area contributed by atoms with Crippen molar-refractivity contribution in [2.24, 2.45) is 16.7 Å². The first-order valence-corrected chi connectivity index (χ1v) is 19.7. The number of allylic oxidation sites excluding steroid dienone is 6. The molecule has 2 aliphatic rings. The van der Waals surface area contributed by atoms with E-state index in [-0.39, 0.29) is 22.8 Å². The molecule has 0 aliphatic heterocycles. The van der Waals surface area contributed by atoms with Crippen molar-refractivity contribution >= 4 is 20.8 Å². The normalized spacial score (nSPS) is 25.6. The molecule has 1 aromatic carbocycles. The first-order valence-electron chi connectivity index (χ1n) is 16.9. The van der Waals surface area contributed by atoms with Crippen molar-refractivity contribution in [1.82, 2.24) is 0 Å². The number of aliphatic hydroxyl groups excluding tert-OH is 1. The highest BCUT2D eigenvalue weighted by Gasteiger charge is 2.46. The summed E-state index contributed by atoms with van der Waals surface area (Å²) in [6.07, 6.45) is 12.9.